The Morgan fingerprint density at radius 2 is 2.09 bits per heavy atom. The van der Waals surface area contributed by atoms with E-state index in [1.54, 1.807) is 25.1 Å². The van der Waals surface area contributed by atoms with E-state index in [9.17, 15) is 13.2 Å². The van der Waals surface area contributed by atoms with Gasteiger partial charge in [0.05, 0.1) is 17.6 Å². The van der Waals surface area contributed by atoms with Gasteiger partial charge in [-0.1, -0.05) is 12.1 Å². The molecule has 0 saturated carbocycles. The second kappa shape index (κ2) is 6.76. The summed E-state index contributed by atoms with van der Waals surface area (Å²) in [6, 6.07) is 9.09. The van der Waals surface area contributed by atoms with Crippen LogP contribution in [0.15, 0.2) is 52.0 Å². The Balaban J connectivity index is 2.10. The molecule has 2 rings (SSSR count). The van der Waals surface area contributed by atoms with Crippen LogP contribution in [0.25, 0.3) is 0 Å². The minimum absolute atomic E-state index is 0.0533. The van der Waals surface area contributed by atoms with Crippen LogP contribution < -0.4 is 4.72 Å². The number of rotatable bonds is 7. The van der Waals surface area contributed by atoms with Crippen molar-refractivity contribution >= 4 is 16.0 Å². The molecule has 0 aliphatic heterocycles. The van der Waals surface area contributed by atoms with Crippen LogP contribution in [0.3, 0.4) is 0 Å². The van der Waals surface area contributed by atoms with Crippen LogP contribution in [0.5, 0.6) is 0 Å². The highest BCUT2D eigenvalue weighted by atomic mass is 32.2. The van der Waals surface area contributed by atoms with E-state index >= 15 is 0 Å². The number of hydrogen-bond acceptors (Lipinski definition) is 4. The molecule has 1 atom stereocenters. The van der Waals surface area contributed by atoms with Crippen molar-refractivity contribution in [3.8, 4) is 0 Å². The molecule has 2 aromatic rings. The molecule has 1 unspecified atom stereocenters. The molecule has 0 radical (unpaired) electrons. The van der Waals surface area contributed by atoms with E-state index in [0.717, 1.165) is 0 Å². The maximum Gasteiger partial charge on any atom is 0.307 e. The smallest absolute Gasteiger partial charge is 0.307 e. The fraction of sp³-hybridized carbons (Fsp3) is 0.267. The summed E-state index contributed by atoms with van der Waals surface area (Å²) in [5.74, 6) is -0.316. The van der Waals surface area contributed by atoms with Gasteiger partial charge in [0.15, 0.2) is 0 Å². The molecule has 0 fully saturated rings. The quantitative estimate of drug-likeness (QED) is 0.810. The molecule has 118 valence electrons. The number of sulfonamides is 1. The Kier molecular flexibility index (Phi) is 4.99. The van der Waals surface area contributed by atoms with Gasteiger partial charge in [-0.05, 0) is 36.8 Å². The third kappa shape index (κ3) is 4.44. The van der Waals surface area contributed by atoms with Crippen LogP contribution in [0.2, 0.25) is 0 Å². The van der Waals surface area contributed by atoms with Crippen molar-refractivity contribution in [3.63, 3.8) is 0 Å². The van der Waals surface area contributed by atoms with Crippen LogP contribution >= 0.6 is 0 Å². The minimum atomic E-state index is -3.71. The number of benzene rings is 1. The summed E-state index contributed by atoms with van der Waals surface area (Å²) in [5.41, 5.74) is 0.439. The zero-order valence-electron chi connectivity index (χ0n) is 12.0. The number of furan rings is 1. The van der Waals surface area contributed by atoms with Gasteiger partial charge in [-0.3, -0.25) is 4.79 Å². The second-order valence-corrected chi connectivity index (χ2v) is 6.74. The molecule has 0 saturated heterocycles. The number of nitrogens with one attached hydrogen (secondary N) is 1. The van der Waals surface area contributed by atoms with Crippen molar-refractivity contribution in [2.24, 2.45) is 0 Å². The van der Waals surface area contributed by atoms with Gasteiger partial charge in [0, 0.05) is 12.5 Å². The van der Waals surface area contributed by atoms with Crippen LogP contribution in [0, 0.1) is 0 Å². The third-order valence-corrected chi connectivity index (χ3v) is 4.60. The molecule has 1 aromatic heterocycles. The summed E-state index contributed by atoms with van der Waals surface area (Å²) < 4.78 is 32.4. The van der Waals surface area contributed by atoms with Crippen molar-refractivity contribution in [2.75, 3.05) is 0 Å². The summed E-state index contributed by atoms with van der Waals surface area (Å²) in [7, 11) is -3.71. The van der Waals surface area contributed by atoms with E-state index in [4.69, 9.17) is 9.52 Å². The minimum Gasteiger partial charge on any atom is -0.481 e. The van der Waals surface area contributed by atoms with Gasteiger partial charge in [-0.25, -0.2) is 13.1 Å². The number of carboxylic acid groups (broad SMARTS) is 1. The highest BCUT2D eigenvalue weighted by Gasteiger charge is 2.18. The van der Waals surface area contributed by atoms with E-state index in [-0.39, 0.29) is 17.4 Å². The number of aliphatic carboxylic acids is 1. The van der Waals surface area contributed by atoms with Gasteiger partial charge >= 0.3 is 5.97 Å². The predicted octanol–water partition coefficient (Wildman–Crippen LogP) is 1.82. The van der Waals surface area contributed by atoms with Gasteiger partial charge < -0.3 is 9.52 Å². The first kappa shape index (κ1) is 16.3. The lowest BCUT2D eigenvalue weighted by Gasteiger charge is -2.13. The maximum atomic E-state index is 12.3. The molecule has 0 bridgehead atoms. The molecule has 0 aliphatic rings. The van der Waals surface area contributed by atoms with E-state index < -0.39 is 16.0 Å². The molecule has 1 heterocycles. The van der Waals surface area contributed by atoms with Crippen LogP contribution in [0.4, 0.5) is 0 Å². The van der Waals surface area contributed by atoms with E-state index in [2.05, 4.69) is 4.72 Å². The maximum absolute atomic E-state index is 12.3. The molecule has 22 heavy (non-hydrogen) atoms. The summed E-state index contributed by atoms with van der Waals surface area (Å²) in [6.45, 7) is 1.74. The lowest BCUT2D eigenvalue weighted by molar-refractivity contribution is -0.136. The molecule has 6 nitrogen and oxygen atoms in total. The number of carboxylic acids is 1. The fourth-order valence-corrected chi connectivity index (χ4v) is 3.42. The zero-order chi connectivity index (χ0) is 16.2. The van der Waals surface area contributed by atoms with Crippen molar-refractivity contribution in [1.82, 2.24) is 4.72 Å². The summed E-state index contributed by atoms with van der Waals surface area (Å²) in [6.07, 6.45) is 1.75. The summed E-state index contributed by atoms with van der Waals surface area (Å²) in [4.78, 5) is 10.8. The van der Waals surface area contributed by atoms with E-state index in [1.807, 2.05) is 0 Å². The molecule has 2 N–H and O–H groups in total. The average Bonchev–Trinajstić information content (AvgIpc) is 2.90. The molecule has 0 spiro atoms. The Morgan fingerprint density at radius 3 is 2.73 bits per heavy atom. The third-order valence-electron chi connectivity index (χ3n) is 3.01. The fourth-order valence-electron chi connectivity index (χ4n) is 2.10. The second-order valence-electron chi connectivity index (χ2n) is 5.02. The SMILES string of the molecule is CC(Cc1ccco1)NS(=O)(=O)c1cccc(CC(=O)O)c1. The van der Waals surface area contributed by atoms with Crippen LogP contribution in [-0.4, -0.2) is 25.5 Å². The van der Waals surface area contributed by atoms with E-state index in [1.165, 1.54) is 24.5 Å². The lowest BCUT2D eigenvalue weighted by Crippen LogP contribution is -2.34. The van der Waals surface area contributed by atoms with Crippen molar-refractivity contribution in [3.05, 3.63) is 54.0 Å². The van der Waals surface area contributed by atoms with Crippen LogP contribution in [0.1, 0.15) is 18.2 Å². The standard InChI is InChI=1S/C15H17NO5S/c1-11(8-13-5-3-7-21-13)16-22(19,20)14-6-2-4-12(9-14)10-15(17)18/h2-7,9,11,16H,8,10H2,1H3,(H,17,18). The first-order valence-corrected chi connectivity index (χ1v) is 8.20. The normalized spacial score (nSPS) is 13.0. The number of carbonyl (C=O) groups is 1. The largest absolute Gasteiger partial charge is 0.481 e. The zero-order valence-corrected chi connectivity index (χ0v) is 12.8. The molecule has 1 aromatic carbocycles. The first-order chi connectivity index (χ1) is 10.4. The van der Waals surface area contributed by atoms with Gasteiger partial charge in [-0.15, -0.1) is 0 Å². The predicted molar refractivity (Wildman–Crippen MR) is 80.0 cm³/mol. The average molecular weight is 323 g/mol. The molecular weight excluding hydrogens is 306 g/mol. The monoisotopic (exact) mass is 323 g/mol. The first-order valence-electron chi connectivity index (χ1n) is 6.72. The van der Waals surface area contributed by atoms with Crippen molar-refractivity contribution in [2.45, 2.75) is 30.7 Å². The van der Waals surface area contributed by atoms with Crippen molar-refractivity contribution in [1.29, 1.82) is 0 Å². The van der Waals surface area contributed by atoms with Crippen molar-refractivity contribution < 1.29 is 22.7 Å². The Labute approximate surface area is 128 Å². The topological polar surface area (TPSA) is 96.6 Å². The molecule has 7 heteroatoms. The van der Waals surface area contributed by atoms with Gasteiger partial charge in [0.1, 0.15) is 5.76 Å². The number of hydrogen-bond donors (Lipinski definition) is 2. The summed E-state index contributed by atoms with van der Waals surface area (Å²) in [5, 5.41) is 8.77. The Bertz CT molecular complexity index is 737. The van der Waals surface area contributed by atoms with Gasteiger partial charge in [-0.2, -0.15) is 0 Å². The molecule has 0 amide bonds. The van der Waals surface area contributed by atoms with Gasteiger partial charge in [0.25, 0.3) is 0 Å². The van der Waals surface area contributed by atoms with E-state index in [0.29, 0.717) is 17.7 Å². The Hall–Kier alpha value is -2.12. The van der Waals surface area contributed by atoms with Gasteiger partial charge in [0.2, 0.25) is 10.0 Å². The highest BCUT2D eigenvalue weighted by molar-refractivity contribution is 7.89. The van der Waals surface area contributed by atoms with Crippen LogP contribution in [-0.2, 0) is 27.7 Å². The highest BCUT2D eigenvalue weighted by Crippen LogP contribution is 2.14. The molecular formula is C15H17NO5S. The Morgan fingerprint density at radius 1 is 1.32 bits per heavy atom. The molecule has 0 aliphatic carbocycles. The lowest BCUT2D eigenvalue weighted by atomic mass is 10.2. The summed E-state index contributed by atoms with van der Waals surface area (Å²) >= 11 is 0.